The molecule has 2 N–H and O–H groups in total. The summed E-state index contributed by atoms with van der Waals surface area (Å²) in [7, 11) is 0. The number of alkyl halides is 3. The highest BCUT2D eigenvalue weighted by Crippen LogP contribution is 2.30. The highest BCUT2D eigenvalue weighted by atomic mass is 32.2. The standard InChI is InChI=1S/C12H16F3NS/c1-9(5-6-16)17-8-10-3-2-4-11(7-10)12(13,14)15/h2-4,7,9H,5-6,8,16H2,1H3. The molecule has 0 amide bonds. The van der Waals surface area contributed by atoms with E-state index in [2.05, 4.69) is 0 Å². The van der Waals surface area contributed by atoms with Gasteiger partial charge in [-0.25, -0.2) is 0 Å². The van der Waals surface area contributed by atoms with Gasteiger partial charge in [0.25, 0.3) is 0 Å². The van der Waals surface area contributed by atoms with Crippen LogP contribution in [0.3, 0.4) is 0 Å². The lowest BCUT2D eigenvalue weighted by atomic mass is 10.1. The summed E-state index contributed by atoms with van der Waals surface area (Å²) in [6, 6.07) is 5.48. The summed E-state index contributed by atoms with van der Waals surface area (Å²) in [5, 5.41) is 0.370. The molecule has 5 heteroatoms. The van der Waals surface area contributed by atoms with Gasteiger partial charge in [0.1, 0.15) is 0 Å². The Kier molecular flexibility index (Phi) is 5.33. The van der Waals surface area contributed by atoms with Crippen LogP contribution in [0.1, 0.15) is 24.5 Å². The zero-order chi connectivity index (χ0) is 12.9. The maximum absolute atomic E-state index is 12.5. The van der Waals surface area contributed by atoms with E-state index in [0.717, 1.165) is 12.5 Å². The number of rotatable bonds is 5. The van der Waals surface area contributed by atoms with Crippen molar-refractivity contribution < 1.29 is 13.2 Å². The van der Waals surface area contributed by atoms with E-state index in [1.807, 2.05) is 6.92 Å². The summed E-state index contributed by atoms with van der Waals surface area (Å²) in [5.41, 5.74) is 5.54. The predicted octanol–water partition coefficient (Wildman–Crippen LogP) is 3.68. The molecule has 0 fully saturated rings. The molecule has 1 aromatic carbocycles. The fourth-order valence-electron chi connectivity index (χ4n) is 1.39. The van der Waals surface area contributed by atoms with Gasteiger partial charge in [0.2, 0.25) is 0 Å². The number of benzene rings is 1. The van der Waals surface area contributed by atoms with Gasteiger partial charge in [-0.15, -0.1) is 0 Å². The van der Waals surface area contributed by atoms with Crippen LogP contribution in [0, 0.1) is 0 Å². The van der Waals surface area contributed by atoms with Crippen molar-refractivity contribution in [3.8, 4) is 0 Å². The molecule has 1 atom stereocenters. The van der Waals surface area contributed by atoms with Crippen LogP contribution in [0.5, 0.6) is 0 Å². The van der Waals surface area contributed by atoms with E-state index in [9.17, 15) is 13.2 Å². The number of hydrogen-bond donors (Lipinski definition) is 1. The number of thioether (sulfide) groups is 1. The highest BCUT2D eigenvalue weighted by Gasteiger charge is 2.30. The maximum atomic E-state index is 12.5. The summed E-state index contributed by atoms with van der Waals surface area (Å²) < 4.78 is 37.4. The number of halogens is 3. The van der Waals surface area contributed by atoms with E-state index >= 15 is 0 Å². The first kappa shape index (κ1) is 14.4. The second kappa shape index (κ2) is 6.31. The first-order valence-corrected chi connectivity index (χ1v) is 6.46. The van der Waals surface area contributed by atoms with Gasteiger partial charge in [-0.1, -0.05) is 25.1 Å². The van der Waals surface area contributed by atoms with Gasteiger partial charge in [0, 0.05) is 11.0 Å². The van der Waals surface area contributed by atoms with Crippen LogP contribution < -0.4 is 5.73 Å². The largest absolute Gasteiger partial charge is 0.416 e. The van der Waals surface area contributed by atoms with Gasteiger partial charge >= 0.3 is 6.18 Å². The molecule has 0 radical (unpaired) electrons. The minimum absolute atomic E-state index is 0.370. The second-order valence-corrected chi connectivity index (χ2v) is 5.32. The van der Waals surface area contributed by atoms with Crippen LogP contribution in [0.15, 0.2) is 24.3 Å². The van der Waals surface area contributed by atoms with Crippen LogP contribution in [0.2, 0.25) is 0 Å². The first-order chi connectivity index (χ1) is 7.93. The first-order valence-electron chi connectivity index (χ1n) is 5.41. The van der Waals surface area contributed by atoms with Crippen LogP contribution in [-0.2, 0) is 11.9 Å². The zero-order valence-electron chi connectivity index (χ0n) is 9.63. The molecule has 0 aromatic heterocycles. The molecule has 1 nitrogen and oxygen atoms in total. The van der Waals surface area contributed by atoms with E-state index in [0.29, 0.717) is 23.1 Å². The lowest BCUT2D eigenvalue weighted by molar-refractivity contribution is -0.137. The molecule has 0 spiro atoms. The Morgan fingerprint density at radius 3 is 2.65 bits per heavy atom. The molecule has 1 unspecified atom stereocenters. The van der Waals surface area contributed by atoms with Crippen molar-refractivity contribution in [1.82, 2.24) is 0 Å². The molecule has 1 aromatic rings. The second-order valence-electron chi connectivity index (χ2n) is 3.90. The third kappa shape index (κ3) is 5.00. The van der Waals surface area contributed by atoms with Crippen molar-refractivity contribution in [3.05, 3.63) is 35.4 Å². The van der Waals surface area contributed by atoms with E-state index in [1.165, 1.54) is 12.1 Å². The molecule has 0 saturated heterocycles. The summed E-state index contributed by atoms with van der Waals surface area (Å²) in [4.78, 5) is 0. The lowest BCUT2D eigenvalue weighted by Gasteiger charge is -2.11. The van der Waals surface area contributed by atoms with E-state index in [1.54, 1.807) is 17.8 Å². The van der Waals surface area contributed by atoms with Gasteiger partial charge in [-0.3, -0.25) is 0 Å². The molecule has 0 aliphatic heterocycles. The number of hydrogen-bond acceptors (Lipinski definition) is 2. The Balaban J connectivity index is 2.60. The minimum Gasteiger partial charge on any atom is -0.330 e. The van der Waals surface area contributed by atoms with Crippen molar-refractivity contribution in [2.24, 2.45) is 5.73 Å². The fraction of sp³-hybridized carbons (Fsp3) is 0.500. The molecule has 0 aliphatic carbocycles. The van der Waals surface area contributed by atoms with Crippen LogP contribution in [-0.4, -0.2) is 11.8 Å². The van der Waals surface area contributed by atoms with Gasteiger partial charge in [0.15, 0.2) is 0 Å². The van der Waals surface area contributed by atoms with E-state index in [4.69, 9.17) is 5.73 Å². The van der Waals surface area contributed by atoms with Crippen molar-refractivity contribution >= 4 is 11.8 Å². The summed E-state index contributed by atoms with van der Waals surface area (Å²) in [5.74, 6) is 0.588. The summed E-state index contributed by atoms with van der Waals surface area (Å²) in [6.07, 6.45) is -3.38. The average molecular weight is 263 g/mol. The van der Waals surface area contributed by atoms with Crippen molar-refractivity contribution in [2.75, 3.05) is 6.54 Å². The van der Waals surface area contributed by atoms with Gasteiger partial charge < -0.3 is 5.73 Å². The van der Waals surface area contributed by atoms with Crippen molar-refractivity contribution in [1.29, 1.82) is 0 Å². The Hall–Kier alpha value is -0.680. The van der Waals surface area contributed by atoms with Crippen LogP contribution in [0.25, 0.3) is 0 Å². The highest BCUT2D eigenvalue weighted by molar-refractivity contribution is 7.99. The topological polar surface area (TPSA) is 26.0 Å². The predicted molar refractivity (Wildman–Crippen MR) is 65.9 cm³/mol. The van der Waals surface area contributed by atoms with Crippen LogP contribution >= 0.6 is 11.8 Å². The summed E-state index contributed by atoms with van der Waals surface area (Å²) >= 11 is 1.63. The molecular formula is C12H16F3NS. The molecule has 0 aliphatic rings. The van der Waals surface area contributed by atoms with Crippen molar-refractivity contribution in [3.63, 3.8) is 0 Å². The SMILES string of the molecule is CC(CCN)SCc1cccc(C(F)(F)F)c1. The summed E-state index contributed by atoms with van der Waals surface area (Å²) in [6.45, 7) is 2.64. The quantitative estimate of drug-likeness (QED) is 0.877. The third-order valence-electron chi connectivity index (χ3n) is 2.36. The molecule has 1 rings (SSSR count). The van der Waals surface area contributed by atoms with Gasteiger partial charge in [0.05, 0.1) is 5.56 Å². The molecule has 96 valence electrons. The fourth-order valence-corrected chi connectivity index (χ4v) is 2.35. The molecule has 0 bridgehead atoms. The minimum atomic E-state index is -4.26. The van der Waals surface area contributed by atoms with E-state index in [-0.39, 0.29) is 0 Å². The van der Waals surface area contributed by atoms with Crippen LogP contribution in [0.4, 0.5) is 13.2 Å². The lowest BCUT2D eigenvalue weighted by Crippen LogP contribution is -2.08. The maximum Gasteiger partial charge on any atom is 0.416 e. The third-order valence-corrected chi connectivity index (χ3v) is 3.67. The van der Waals surface area contributed by atoms with Gasteiger partial charge in [-0.05, 0) is 24.6 Å². The Labute approximate surface area is 104 Å². The molecule has 17 heavy (non-hydrogen) atoms. The van der Waals surface area contributed by atoms with Crippen molar-refractivity contribution in [2.45, 2.75) is 30.5 Å². The Morgan fingerprint density at radius 1 is 1.35 bits per heavy atom. The van der Waals surface area contributed by atoms with E-state index < -0.39 is 11.7 Å². The number of nitrogens with two attached hydrogens (primary N) is 1. The monoisotopic (exact) mass is 263 g/mol. The smallest absolute Gasteiger partial charge is 0.330 e. The molecular weight excluding hydrogens is 247 g/mol. The van der Waals surface area contributed by atoms with Gasteiger partial charge in [-0.2, -0.15) is 24.9 Å². The molecule has 0 saturated carbocycles. The Bertz CT molecular complexity index is 352. The normalized spacial score (nSPS) is 13.7. The zero-order valence-corrected chi connectivity index (χ0v) is 10.4. The Morgan fingerprint density at radius 2 is 2.06 bits per heavy atom. The average Bonchev–Trinajstić information content (AvgIpc) is 2.26. The molecule has 0 heterocycles.